The number of benzene rings is 3. The summed E-state index contributed by atoms with van der Waals surface area (Å²) in [6.45, 7) is 1.92. The number of carbonyl (C=O) groups excluding carboxylic acids is 1. The van der Waals surface area contributed by atoms with Crippen LogP contribution in [0.1, 0.15) is 24.1 Å². The van der Waals surface area contributed by atoms with Crippen LogP contribution in [0, 0.1) is 5.41 Å². The van der Waals surface area contributed by atoms with Crippen molar-refractivity contribution >= 4 is 18.3 Å². The number of phenols is 1. The number of hydrogen-bond acceptors (Lipinski definition) is 5. The van der Waals surface area contributed by atoms with E-state index in [0.717, 1.165) is 33.7 Å². The first-order valence-electron chi connectivity index (χ1n) is 9.60. The van der Waals surface area contributed by atoms with Crippen molar-refractivity contribution in [1.29, 1.82) is 5.41 Å². The van der Waals surface area contributed by atoms with Crippen LogP contribution in [0.3, 0.4) is 0 Å². The van der Waals surface area contributed by atoms with Gasteiger partial charge < -0.3 is 25.9 Å². The van der Waals surface area contributed by atoms with E-state index in [1.807, 2.05) is 61.5 Å². The fraction of sp³-hybridized carbons (Fsp3) is 0.167. The summed E-state index contributed by atoms with van der Waals surface area (Å²) in [6.07, 6.45) is 1.99. The van der Waals surface area contributed by atoms with Crippen LogP contribution < -0.4 is 15.4 Å². The fourth-order valence-electron chi connectivity index (χ4n) is 3.33. The van der Waals surface area contributed by atoms with E-state index in [-0.39, 0.29) is 17.8 Å². The second-order valence-electron chi connectivity index (χ2n) is 6.96. The van der Waals surface area contributed by atoms with Crippen molar-refractivity contribution in [2.45, 2.75) is 19.0 Å². The lowest BCUT2D eigenvalue weighted by Gasteiger charge is -2.27. The standard InChI is InChI=1S/C24H25N3O3/c1-16(26-15-28)24(18-5-10-22(30-2)11-6-18)27-23-12-7-19(13-20(23)14-25)17-3-8-21(29)9-4-17/h3-16,24-25,27,29H,1-2H3,(H,26,28)/t16?,24-/m0/s1. The molecule has 0 saturated heterocycles. The molecule has 0 heterocycles. The highest BCUT2D eigenvalue weighted by molar-refractivity contribution is 5.88. The van der Waals surface area contributed by atoms with Crippen molar-refractivity contribution < 1.29 is 14.6 Å². The molecule has 0 bridgehead atoms. The van der Waals surface area contributed by atoms with Crippen LogP contribution in [0.5, 0.6) is 11.5 Å². The number of carbonyl (C=O) groups is 1. The third kappa shape index (κ3) is 4.78. The fourth-order valence-corrected chi connectivity index (χ4v) is 3.33. The molecule has 3 aromatic rings. The van der Waals surface area contributed by atoms with Gasteiger partial charge in [-0.05, 0) is 60.0 Å². The lowest BCUT2D eigenvalue weighted by Crippen LogP contribution is -2.35. The first kappa shape index (κ1) is 20.9. The summed E-state index contributed by atoms with van der Waals surface area (Å²) >= 11 is 0. The van der Waals surface area contributed by atoms with Gasteiger partial charge in [-0.3, -0.25) is 4.79 Å². The van der Waals surface area contributed by atoms with E-state index in [1.54, 1.807) is 19.2 Å². The maximum Gasteiger partial charge on any atom is 0.207 e. The Hall–Kier alpha value is -3.80. The third-order valence-corrected chi connectivity index (χ3v) is 5.02. The molecule has 0 radical (unpaired) electrons. The van der Waals surface area contributed by atoms with Crippen molar-refractivity contribution in [3.63, 3.8) is 0 Å². The smallest absolute Gasteiger partial charge is 0.207 e. The third-order valence-electron chi connectivity index (χ3n) is 5.02. The van der Waals surface area contributed by atoms with Crippen LogP contribution in [0.15, 0.2) is 66.7 Å². The predicted molar refractivity (Wildman–Crippen MR) is 119 cm³/mol. The predicted octanol–water partition coefficient (Wildman–Crippen LogP) is 4.35. The number of rotatable bonds is 9. The van der Waals surface area contributed by atoms with Crippen molar-refractivity contribution in [3.05, 3.63) is 77.9 Å². The van der Waals surface area contributed by atoms with Gasteiger partial charge in [0.05, 0.1) is 19.2 Å². The summed E-state index contributed by atoms with van der Waals surface area (Å²) in [5, 5.41) is 23.7. The van der Waals surface area contributed by atoms with Crippen molar-refractivity contribution in [2.24, 2.45) is 0 Å². The Morgan fingerprint density at radius 1 is 1.00 bits per heavy atom. The Balaban J connectivity index is 1.93. The van der Waals surface area contributed by atoms with Gasteiger partial charge in [-0.15, -0.1) is 0 Å². The zero-order valence-corrected chi connectivity index (χ0v) is 16.9. The van der Waals surface area contributed by atoms with Crippen LogP contribution in [-0.2, 0) is 4.79 Å². The lowest BCUT2D eigenvalue weighted by molar-refractivity contribution is -0.110. The van der Waals surface area contributed by atoms with Gasteiger partial charge in [0.25, 0.3) is 0 Å². The second kappa shape index (κ2) is 9.60. The number of anilines is 1. The first-order valence-corrected chi connectivity index (χ1v) is 9.60. The SMILES string of the molecule is COc1ccc([C@@H](Nc2ccc(-c3ccc(O)cc3)cc2C=N)C(C)NC=O)cc1. The lowest BCUT2D eigenvalue weighted by atomic mass is 9.98. The Bertz CT molecular complexity index is 1000. The molecule has 0 aromatic heterocycles. The van der Waals surface area contributed by atoms with Crippen molar-refractivity contribution in [1.82, 2.24) is 5.32 Å². The van der Waals surface area contributed by atoms with Crippen LogP contribution in [-0.4, -0.2) is 30.9 Å². The van der Waals surface area contributed by atoms with E-state index < -0.39 is 0 Å². The molecule has 0 aliphatic rings. The summed E-state index contributed by atoms with van der Waals surface area (Å²) in [7, 11) is 1.62. The van der Waals surface area contributed by atoms with Gasteiger partial charge in [0.15, 0.2) is 0 Å². The highest BCUT2D eigenvalue weighted by Gasteiger charge is 2.20. The molecular weight excluding hydrogens is 378 g/mol. The molecule has 0 fully saturated rings. The Morgan fingerprint density at radius 2 is 1.67 bits per heavy atom. The highest BCUT2D eigenvalue weighted by Crippen LogP contribution is 2.30. The molecule has 0 aliphatic heterocycles. The molecule has 3 rings (SSSR count). The van der Waals surface area contributed by atoms with E-state index in [1.165, 1.54) is 6.21 Å². The van der Waals surface area contributed by atoms with Gasteiger partial charge in [-0.25, -0.2) is 0 Å². The average Bonchev–Trinajstić information content (AvgIpc) is 2.78. The number of ether oxygens (including phenoxy) is 1. The van der Waals surface area contributed by atoms with E-state index in [9.17, 15) is 9.90 Å². The minimum Gasteiger partial charge on any atom is -0.508 e. The number of aromatic hydroxyl groups is 1. The maximum atomic E-state index is 11.0. The molecule has 4 N–H and O–H groups in total. The van der Waals surface area contributed by atoms with Gasteiger partial charge in [-0.2, -0.15) is 0 Å². The molecule has 0 spiro atoms. The molecule has 1 unspecified atom stereocenters. The molecule has 3 aromatic carbocycles. The minimum atomic E-state index is -0.209. The van der Waals surface area contributed by atoms with Gasteiger partial charge in [0.2, 0.25) is 6.41 Å². The number of amides is 1. The summed E-state index contributed by atoms with van der Waals surface area (Å²) < 4.78 is 5.24. The summed E-state index contributed by atoms with van der Waals surface area (Å²) in [6, 6.07) is 20.0. The van der Waals surface area contributed by atoms with E-state index >= 15 is 0 Å². The van der Waals surface area contributed by atoms with Crippen LogP contribution in [0.4, 0.5) is 5.69 Å². The molecule has 6 heteroatoms. The molecule has 154 valence electrons. The highest BCUT2D eigenvalue weighted by atomic mass is 16.5. The van der Waals surface area contributed by atoms with Crippen molar-refractivity contribution in [3.8, 4) is 22.6 Å². The monoisotopic (exact) mass is 403 g/mol. The minimum absolute atomic E-state index is 0.189. The number of phenolic OH excluding ortho intramolecular Hbond substituents is 1. The average molecular weight is 403 g/mol. The molecule has 30 heavy (non-hydrogen) atoms. The number of nitrogens with one attached hydrogen (secondary N) is 3. The van der Waals surface area contributed by atoms with Crippen molar-refractivity contribution in [2.75, 3.05) is 12.4 Å². The van der Waals surface area contributed by atoms with Crippen LogP contribution in [0.25, 0.3) is 11.1 Å². The molecule has 6 nitrogen and oxygen atoms in total. The number of methoxy groups -OCH3 is 1. The van der Waals surface area contributed by atoms with Gasteiger partial charge in [-0.1, -0.05) is 30.3 Å². The van der Waals surface area contributed by atoms with E-state index in [0.29, 0.717) is 6.41 Å². The second-order valence-corrected chi connectivity index (χ2v) is 6.96. The summed E-state index contributed by atoms with van der Waals surface area (Å²) in [5.41, 5.74) is 4.38. The summed E-state index contributed by atoms with van der Waals surface area (Å²) in [5.74, 6) is 0.968. The number of hydrogen-bond donors (Lipinski definition) is 4. The molecule has 0 aliphatic carbocycles. The zero-order chi connectivity index (χ0) is 21.5. The van der Waals surface area contributed by atoms with Gasteiger partial charge >= 0.3 is 0 Å². The summed E-state index contributed by atoms with van der Waals surface area (Å²) in [4.78, 5) is 11.0. The van der Waals surface area contributed by atoms with Crippen LogP contribution >= 0.6 is 0 Å². The Labute approximate surface area is 176 Å². The quantitative estimate of drug-likeness (QED) is 0.315. The van der Waals surface area contributed by atoms with Gasteiger partial charge in [0, 0.05) is 17.5 Å². The first-order chi connectivity index (χ1) is 14.5. The largest absolute Gasteiger partial charge is 0.508 e. The molecular formula is C24H25N3O3. The Morgan fingerprint density at radius 3 is 2.27 bits per heavy atom. The normalized spacial score (nSPS) is 12.5. The molecule has 1 amide bonds. The molecule has 2 atom stereocenters. The van der Waals surface area contributed by atoms with E-state index in [4.69, 9.17) is 10.1 Å². The van der Waals surface area contributed by atoms with E-state index in [2.05, 4.69) is 10.6 Å². The zero-order valence-electron chi connectivity index (χ0n) is 16.9. The Kier molecular flexibility index (Phi) is 6.70. The van der Waals surface area contributed by atoms with Gasteiger partial charge in [0.1, 0.15) is 11.5 Å². The van der Waals surface area contributed by atoms with Crippen LogP contribution in [0.2, 0.25) is 0 Å². The maximum absolute atomic E-state index is 11.0. The molecule has 0 saturated carbocycles. The topological polar surface area (TPSA) is 94.4 Å².